The zero-order valence-electron chi connectivity index (χ0n) is 8.71. The first kappa shape index (κ1) is 10.3. The van der Waals surface area contributed by atoms with Gasteiger partial charge in [-0.3, -0.25) is 4.79 Å². The van der Waals surface area contributed by atoms with E-state index in [1.807, 2.05) is 34.9 Å². The minimum absolute atomic E-state index is 0.276. The molecule has 80 valence electrons. The largest absolute Gasteiger partial charge is 0.364 e. The molecule has 0 radical (unpaired) electrons. The quantitative estimate of drug-likeness (QED) is 0.757. The molecule has 2 aromatic rings. The summed E-state index contributed by atoms with van der Waals surface area (Å²) in [5.41, 5.74) is 6.60. The van der Waals surface area contributed by atoms with Crippen LogP contribution in [0.2, 0.25) is 0 Å². The number of benzene rings is 1. The molecule has 0 saturated heterocycles. The molecule has 4 nitrogen and oxygen atoms in total. The average molecular weight is 214 g/mol. The smallest absolute Gasteiger partial charge is 0.273 e. The van der Waals surface area contributed by atoms with E-state index in [1.54, 1.807) is 18.6 Å². The molecule has 1 aromatic carbocycles. The van der Waals surface area contributed by atoms with Gasteiger partial charge in [-0.05, 0) is 0 Å². The van der Waals surface area contributed by atoms with Crippen molar-refractivity contribution in [2.45, 2.75) is 6.54 Å². The molecular weight excluding hydrogens is 202 g/mol. The Labute approximate surface area is 93.4 Å². The van der Waals surface area contributed by atoms with Crippen LogP contribution in [0.3, 0.4) is 0 Å². The number of amides is 1. The molecule has 16 heavy (non-hydrogen) atoms. The number of nitrogens with zero attached hydrogens (tertiary/aromatic N) is 2. The van der Waals surface area contributed by atoms with Gasteiger partial charge in [-0.15, -0.1) is 0 Å². The Bertz CT molecular complexity index is 497. The first-order chi connectivity index (χ1) is 7.75. The standard InChI is InChI=1S/C12H11N3O/c13-12(16)11-9-15(7-6-14-11)8-10-4-2-1-3-5-10/h1-7,9H,8H2,(H-,13,16)/p+1. The Morgan fingerprint density at radius 3 is 2.75 bits per heavy atom. The van der Waals surface area contributed by atoms with Crippen LogP contribution < -0.4 is 10.3 Å². The molecule has 0 spiro atoms. The highest BCUT2D eigenvalue weighted by atomic mass is 16.1. The van der Waals surface area contributed by atoms with Crippen molar-refractivity contribution in [1.82, 2.24) is 4.98 Å². The second-order valence-corrected chi connectivity index (χ2v) is 3.46. The summed E-state index contributed by atoms with van der Waals surface area (Å²) >= 11 is 0. The number of primary amides is 1. The fourth-order valence-electron chi connectivity index (χ4n) is 1.45. The third-order valence-electron chi connectivity index (χ3n) is 2.22. The second-order valence-electron chi connectivity index (χ2n) is 3.46. The van der Waals surface area contributed by atoms with Crippen molar-refractivity contribution in [3.05, 3.63) is 60.2 Å². The first-order valence-corrected chi connectivity index (χ1v) is 4.94. The van der Waals surface area contributed by atoms with E-state index < -0.39 is 5.91 Å². The van der Waals surface area contributed by atoms with E-state index in [4.69, 9.17) is 5.73 Å². The predicted molar refractivity (Wildman–Crippen MR) is 58.5 cm³/mol. The zero-order chi connectivity index (χ0) is 11.4. The third-order valence-corrected chi connectivity index (χ3v) is 2.22. The molecule has 1 heterocycles. The lowest BCUT2D eigenvalue weighted by molar-refractivity contribution is -0.689. The minimum Gasteiger partial charge on any atom is -0.364 e. The van der Waals surface area contributed by atoms with Crippen molar-refractivity contribution < 1.29 is 9.36 Å². The molecule has 0 aliphatic rings. The Hall–Kier alpha value is -2.23. The van der Waals surface area contributed by atoms with E-state index in [-0.39, 0.29) is 5.69 Å². The van der Waals surface area contributed by atoms with Crippen LogP contribution in [0.4, 0.5) is 0 Å². The molecule has 0 atom stereocenters. The summed E-state index contributed by atoms with van der Waals surface area (Å²) in [6.45, 7) is 0.698. The van der Waals surface area contributed by atoms with Crippen LogP contribution >= 0.6 is 0 Å². The van der Waals surface area contributed by atoms with Crippen LogP contribution in [-0.4, -0.2) is 10.9 Å². The van der Waals surface area contributed by atoms with Crippen LogP contribution in [0.25, 0.3) is 0 Å². The van der Waals surface area contributed by atoms with E-state index in [9.17, 15) is 4.79 Å². The summed E-state index contributed by atoms with van der Waals surface area (Å²) in [5, 5.41) is 0. The van der Waals surface area contributed by atoms with Gasteiger partial charge in [0.15, 0.2) is 18.4 Å². The second kappa shape index (κ2) is 4.53. The van der Waals surface area contributed by atoms with E-state index in [1.165, 1.54) is 0 Å². The fourth-order valence-corrected chi connectivity index (χ4v) is 1.45. The maximum absolute atomic E-state index is 11.0. The maximum Gasteiger partial charge on any atom is 0.273 e. The number of carbonyl (C=O) groups is 1. The molecule has 4 heteroatoms. The Kier molecular flexibility index (Phi) is 2.91. The lowest BCUT2D eigenvalue weighted by Crippen LogP contribution is -2.35. The molecule has 1 amide bonds. The number of rotatable bonds is 3. The van der Waals surface area contributed by atoms with E-state index in [2.05, 4.69) is 4.98 Å². The Balaban J connectivity index is 2.22. The lowest BCUT2D eigenvalue weighted by Gasteiger charge is -1.98. The Morgan fingerprint density at radius 1 is 1.31 bits per heavy atom. The molecule has 2 N–H and O–H groups in total. The summed E-state index contributed by atoms with van der Waals surface area (Å²) in [7, 11) is 0. The zero-order valence-corrected chi connectivity index (χ0v) is 8.71. The number of aromatic nitrogens is 2. The highest BCUT2D eigenvalue weighted by Crippen LogP contribution is 1.97. The van der Waals surface area contributed by atoms with E-state index in [0.717, 1.165) is 5.56 Å². The van der Waals surface area contributed by atoms with Crippen LogP contribution in [-0.2, 0) is 6.54 Å². The SMILES string of the molecule is NC(=O)c1c[n+](Cc2ccccc2)ccn1. The van der Waals surface area contributed by atoms with Gasteiger partial charge in [-0.1, -0.05) is 30.3 Å². The summed E-state index contributed by atoms with van der Waals surface area (Å²) in [6, 6.07) is 9.97. The number of carbonyl (C=O) groups excluding carboxylic acids is 1. The molecular formula is C12H12N3O+. The normalized spacial score (nSPS) is 10.0. The molecule has 0 saturated carbocycles. The van der Waals surface area contributed by atoms with Crippen molar-refractivity contribution in [1.29, 1.82) is 0 Å². The van der Waals surface area contributed by atoms with Crippen LogP contribution in [0.15, 0.2) is 48.9 Å². The van der Waals surface area contributed by atoms with Crippen molar-refractivity contribution in [2.24, 2.45) is 5.73 Å². The van der Waals surface area contributed by atoms with Crippen molar-refractivity contribution in [3.8, 4) is 0 Å². The monoisotopic (exact) mass is 214 g/mol. The van der Waals surface area contributed by atoms with Gasteiger partial charge in [0.05, 0.1) is 6.20 Å². The molecule has 1 aromatic heterocycles. The summed E-state index contributed by atoms with van der Waals surface area (Å²) in [5.74, 6) is -0.512. The van der Waals surface area contributed by atoms with Crippen molar-refractivity contribution >= 4 is 5.91 Å². The van der Waals surface area contributed by atoms with Crippen molar-refractivity contribution in [2.75, 3.05) is 0 Å². The molecule has 0 unspecified atom stereocenters. The molecule has 2 rings (SSSR count). The first-order valence-electron chi connectivity index (χ1n) is 4.94. The van der Waals surface area contributed by atoms with Gasteiger partial charge in [0.25, 0.3) is 5.91 Å². The van der Waals surface area contributed by atoms with Gasteiger partial charge in [0, 0.05) is 5.56 Å². The minimum atomic E-state index is -0.512. The summed E-state index contributed by atoms with van der Waals surface area (Å²) < 4.78 is 1.88. The summed E-state index contributed by atoms with van der Waals surface area (Å²) in [6.07, 6.45) is 5.03. The van der Waals surface area contributed by atoms with Crippen LogP contribution in [0.1, 0.15) is 16.1 Å². The predicted octanol–water partition coefficient (Wildman–Crippen LogP) is 0.516. The molecule has 0 aliphatic heterocycles. The molecule has 0 aliphatic carbocycles. The van der Waals surface area contributed by atoms with Gasteiger partial charge in [-0.2, -0.15) is 4.57 Å². The van der Waals surface area contributed by atoms with Crippen LogP contribution in [0.5, 0.6) is 0 Å². The summed E-state index contributed by atoms with van der Waals surface area (Å²) in [4.78, 5) is 14.8. The topological polar surface area (TPSA) is 59.9 Å². The van der Waals surface area contributed by atoms with Gasteiger partial charge in [-0.25, -0.2) is 4.98 Å². The number of nitrogens with two attached hydrogens (primary N) is 1. The van der Waals surface area contributed by atoms with Crippen LogP contribution in [0, 0.1) is 0 Å². The lowest BCUT2D eigenvalue weighted by atomic mass is 10.2. The Morgan fingerprint density at radius 2 is 2.06 bits per heavy atom. The highest BCUT2D eigenvalue weighted by Gasteiger charge is 2.08. The van der Waals surface area contributed by atoms with Gasteiger partial charge in [0.1, 0.15) is 0 Å². The van der Waals surface area contributed by atoms with Crippen molar-refractivity contribution in [3.63, 3.8) is 0 Å². The van der Waals surface area contributed by atoms with E-state index >= 15 is 0 Å². The third kappa shape index (κ3) is 2.42. The van der Waals surface area contributed by atoms with Gasteiger partial charge >= 0.3 is 0 Å². The van der Waals surface area contributed by atoms with Gasteiger partial charge in [0.2, 0.25) is 6.20 Å². The molecule has 0 bridgehead atoms. The average Bonchev–Trinajstić information content (AvgIpc) is 2.30. The number of hydrogen-bond donors (Lipinski definition) is 1. The van der Waals surface area contributed by atoms with E-state index in [0.29, 0.717) is 6.54 Å². The molecule has 0 fully saturated rings. The van der Waals surface area contributed by atoms with Gasteiger partial charge < -0.3 is 5.73 Å². The highest BCUT2D eigenvalue weighted by molar-refractivity contribution is 5.90. The maximum atomic E-state index is 11.0. The fraction of sp³-hybridized carbons (Fsp3) is 0.0833. The number of hydrogen-bond acceptors (Lipinski definition) is 2.